The van der Waals surface area contributed by atoms with E-state index in [9.17, 15) is 12.8 Å². The van der Waals surface area contributed by atoms with Gasteiger partial charge in [0.2, 0.25) is 10.0 Å². The number of aromatic nitrogens is 2. The van der Waals surface area contributed by atoms with Crippen molar-refractivity contribution in [1.82, 2.24) is 14.7 Å². The highest BCUT2D eigenvalue weighted by Crippen LogP contribution is 2.23. The van der Waals surface area contributed by atoms with Crippen LogP contribution in [-0.4, -0.2) is 30.5 Å². The molecule has 134 valence electrons. The van der Waals surface area contributed by atoms with Crippen molar-refractivity contribution in [2.24, 2.45) is 0 Å². The smallest absolute Gasteiger partial charge is 0.316 e. The number of benzene rings is 1. The Labute approximate surface area is 146 Å². The number of sulfonamides is 1. The van der Waals surface area contributed by atoms with Gasteiger partial charge in [-0.2, -0.15) is 0 Å². The van der Waals surface area contributed by atoms with Crippen LogP contribution in [0.1, 0.15) is 31.2 Å². The molecule has 0 saturated heterocycles. The topological polar surface area (TPSA) is 81.2 Å². The van der Waals surface area contributed by atoms with Crippen molar-refractivity contribution in [3.05, 3.63) is 54.1 Å². The van der Waals surface area contributed by atoms with Gasteiger partial charge in [0.1, 0.15) is 11.9 Å². The Morgan fingerprint density at radius 1 is 1.12 bits per heavy atom. The van der Waals surface area contributed by atoms with Crippen LogP contribution in [0.25, 0.3) is 0 Å². The van der Waals surface area contributed by atoms with Crippen LogP contribution in [0, 0.1) is 5.82 Å². The minimum absolute atomic E-state index is 0.00799. The molecule has 1 aromatic carbocycles. The highest BCUT2D eigenvalue weighted by Gasteiger charge is 2.26. The van der Waals surface area contributed by atoms with Crippen LogP contribution < -0.4 is 9.46 Å². The molecular weight excluding hydrogens is 345 g/mol. The lowest BCUT2D eigenvalue weighted by molar-refractivity contribution is 0.132. The predicted molar refractivity (Wildman–Crippen MR) is 90.9 cm³/mol. The summed E-state index contributed by atoms with van der Waals surface area (Å²) in [7, 11) is -3.51. The van der Waals surface area contributed by atoms with E-state index in [1.807, 2.05) is 0 Å². The van der Waals surface area contributed by atoms with Gasteiger partial charge in [0, 0.05) is 18.4 Å². The van der Waals surface area contributed by atoms with Crippen molar-refractivity contribution in [2.45, 2.75) is 43.6 Å². The fourth-order valence-corrected chi connectivity index (χ4v) is 4.38. The van der Waals surface area contributed by atoms with Gasteiger partial charge in [-0.15, -0.1) is 0 Å². The lowest BCUT2D eigenvalue weighted by Gasteiger charge is -2.28. The summed E-state index contributed by atoms with van der Waals surface area (Å²) in [6.07, 6.45) is 6.05. The van der Waals surface area contributed by atoms with Gasteiger partial charge in [-0.25, -0.2) is 27.5 Å². The maximum Gasteiger partial charge on any atom is 0.316 e. The first-order valence-corrected chi connectivity index (χ1v) is 9.83. The standard InChI is InChI=1S/C17H20FN3O3S/c18-14-4-1-3-13(11-14)12-25(22,23)21-15-5-7-16(8-6-15)24-17-19-9-2-10-20-17/h1-4,9-11,15-16,21H,5-8,12H2. The first kappa shape index (κ1) is 17.8. The second-order valence-corrected chi connectivity index (χ2v) is 7.88. The molecule has 0 aliphatic heterocycles. The molecule has 0 atom stereocenters. The van der Waals surface area contributed by atoms with Gasteiger partial charge in [0.05, 0.1) is 5.75 Å². The maximum absolute atomic E-state index is 13.2. The van der Waals surface area contributed by atoms with Crippen molar-refractivity contribution < 1.29 is 17.5 Å². The minimum atomic E-state index is -3.51. The lowest BCUT2D eigenvalue weighted by atomic mass is 9.94. The fraction of sp³-hybridized carbons (Fsp3) is 0.412. The molecule has 0 radical (unpaired) electrons. The van der Waals surface area contributed by atoms with Gasteiger partial charge in [-0.3, -0.25) is 0 Å². The summed E-state index contributed by atoms with van der Waals surface area (Å²) < 4.78 is 46.1. The molecule has 25 heavy (non-hydrogen) atoms. The third kappa shape index (κ3) is 5.47. The Morgan fingerprint density at radius 2 is 1.84 bits per heavy atom. The fourth-order valence-electron chi connectivity index (χ4n) is 2.94. The van der Waals surface area contributed by atoms with Crippen molar-refractivity contribution in [3.8, 4) is 6.01 Å². The van der Waals surface area contributed by atoms with E-state index in [4.69, 9.17) is 4.74 Å². The normalized spacial score (nSPS) is 21.0. The van der Waals surface area contributed by atoms with Crippen LogP contribution in [0.4, 0.5) is 4.39 Å². The van der Waals surface area contributed by atoms with E-state index < -0.39 is 15.8 Å². The summed E-state index contributed by atoms with van der Waals surface area (Å²) >= 11 is 0. The van der Waals surface area contributed by atoms with E-state index in [1.54, 1.807) is 24.5 Å². The maximum atomic E-state index is 13.2. The van der Waals surface area contributed by atoms with Gasteiger partial charge in [0.15, 0.2) is 0 Å². The zero-order chi connectivity index (χ0) is 17.7. The molecule has 0 amide bonds. The highest BCUT2D eigenvalue weighted by atomic mass is 32.2. The molecule has 2 aromatic rings. The number of nitrogens with one attached hydrogen (secondary N) is 1. The second kappa shape index (κ2) is 7.88. The Bertz CT molecular complexity index is 794. The number of hydrogen-bond acceptors (Lipinski definition) is 5. The van der Waals surface area contributed by atoms with Crippen molar-refractivity contribution in [2.75, 3.05) is 0 Å². The molecule has 6 nitrogen and oxygen atoms in total. The van der Waals surface area contributed by atoms with E-state index in [0.29, 0.717) is 24.4 Å². The molecule has 3 rings (SSSR count). The molecule has 8 heteroatoms. The molecule has 1 fully saturated rings. The van der Waals surface area contributed by atoms with E-state index in [-0.39, 0.29) is 17.9 Å². The Hall–Kier alpha value is -2.06. The monoisotopic (exact) mass is 365 g/mol. The number of rotatable bonds is 6. The van der Waals surface area contributed by atoms with Crippen LogP contribution in [0.3, 0.4) is 0 Å². The van der Waals surface area contributed by atoms with Crippen LogP contribution in [0.5, 0.6) is 6.01 Å². The number of ether oxygens (including phenoxy) is 1. The molecule has 1 aliphatic rings. The zero-order valence-electron chi connectivity index (χ0n) is 13.6. The average Bonchev–Trinajstić information content (AvgIpc) is 2.57. The summed E-state index contributed by atoms with van der Waals surface area (Å²) in [5, 5.41) is 0. The summed E-state index contributed by atoms with van der Waals surface area (Å²) in [5.74, 6) is -0.660. The van der Waals surface area contributed by atoms with Gasteiger partial charge >= 0.3 is 6.01 Å². The lowest BCUT2D eigenvalue weighted by Crippen LogP contribution is -2.40. The number of nitrogens with zero attached hydrogens (tertiary/aromatic N) is 2. The molecule has 1 aliphatic carbocycles. The summed E-state index contributed by atoms with van der Waals surface area (Å²) in [4.78, 5) is 8.06. The molecular formula is C17H20FN3O3S. The number of halogens is 1. The zero-order valence-corrected chi connectivity index (χ0v) is 14.5. The summed E-state index contributed by atoms with van der Waals surface area (Å²) in [6, 6.07) is 7.58. The quantitative estimate of drug-likeness (QED) is 0.850. The first-order chi connectivity index (χ1) is 12.0. The van der Waals surface area contributed by atoms with E-state index in [0.717, 1.165) is 12.8 Å². The molecule has 0 unspecified atom stereocenters. The van der Waals surface area contributed by atoms with E-state index in [1.165, 1.54) is 18.2 Å². The SMILES string of the molecule is O=S(=O)(Cc1cccc(F)c1)NC1CCC(Oc2ncccn2)CC1. The summed E-state index contributed by atoms with van der Waals surface area (Å²) in [6.45, 7) is 0. The Morgan fingerprint density at radius 3 is 2.52 bits per heavy atom. The Balaban J connectivity index is 1.49. The second-order valence-electron chi connectivity index (χ2n) is 6.13. The molecule has 1 heterocycles. The van der Waals surface area contributed by atoms with E-state index >= 15 is 0 Å². The van der Waals surface area contributed by atoms with Gasteiger partial charge in [-0.05, 0) is 49.4 Å². The number of hydrogen-bond donors (Lipinski definition) is 1. The first-order valence-electron chi connectivity index (χ1n) is 8.18. The van der Waals surface area contributed by atoms with Crippen LogP contribution in [0.15, 0.2) is 42.7 Å². The predicted octanol–water partition coefficient (Wildman–Crippen LogP) is 2.43. The summed E-state index contributed by atoms with van der Waals surface area (Å²) in [5.41, 5.74) is 0.436. The third-order valence-corrected chi connectivity index (χ3v) is 5.49. The largest absolute Gasteiger partial charge is 0.460 e. The highest BCUT2D eigenvalue weighted by molar-refractivity contribution is 7.88. The average molecular weight is 365 g/mol. The van der Waals surface area contributed by atoms with Gasteiger partial charge < -0.3 is 4.74 Å². The van der Waals surface area contributed by atoms with E-state index in [2.05, 4.69) is 14.7 Å². The van der Waals surface area contributed by atoms with Crippen LogP contribution >= 0.6 is 0 Å². The van der Waals surface area contributed by atoms with Crippen LogP contribution in [-0.2, 0) is 15.8 Å². The van der Waals surface area contributed by atoms with Crippen molar-refractivity contribution in [3.63, 3.8) is 0 Å². The van der Waals surface area contributed by atoms with Gasteiger partial charge in [-0.1, -0.05) is 12.1 Å². The third-order valence-electron chi connectivity index (χ3n) is 4.08. The van der Waals surface area contributed by atoms with Gasteiger partial charge in [0.25, 0.3) is 0 Å². The van der Waals surface area contributed by atoms with Crippen molar-refractivity contribution in [1.29, 1.82) is 0 Å². The Kier molecular flexibility index (Phi) is 5.60. The minimum Gasteiger partial charge on any atom is -0.460 e. The molecule has 1 aromatic heterocycles. The molecule has 0 spiro atoms. The van der Waals surface area contributed by atoms with Crippen LogP contribution in [0.2, 0.25) is 0 Å². The molecule has 0 bridgehead atoms. The molecule has 1 N–H and O–H groups in total. The molecule has 1 saturated carbocycles. The van der Waals surface area contributed by atoms with Crippen molar-refractivity contribution >= 4 is 10.0 Å².